The molecule has 0 radical (unpaired) electrons. The number of nitrogens with zero attached hydrogens (tertiary/aromatic N) is 3. The molecule has 1 heterocycles. The molecule has 2 rings (SSSR count). The minimum atomic E-state index is -0.395. The Kier molecular flexibility index (Phi) is 5.66. The van der Waals surface area contributed by atoms with Crippen LogP contribution in [0.3, 0.4) is 0 Å². The Hall–Kier alpha value is -3.40. The molecule has 0 atom stereocenters. The van der Waals surface area contributed by atoms with Crippen molar-refractivity contribution in [2.45, 2.75) is 6.42 Å². The van der Waals surface area contributed by atoms with E-state index in [0.717, 1.165) is 5.69 Å². The van der Waals surface area contributed by atoms with Crippen molar-refractivity contribution >= 4 is 17.2 Å². The van der Waals surface area contributed by atoms with Gasteiger partial charge in [0.15, 0.2) is 5.84 Å². The minimum absolute atomic E-state index is 0.187. The molecule has 2 aromatic rings. The minimum Gasteiger partial charge on any atom is -0.491 e. The summed E-state index contributed by atoms with van der Waals surface area (Å²) >= 11 is 0. The highest BCUT2D eigenvalue weighted by Gasteiger charge is 2.05. The Bertz CT molecular complexity index is 736. The first kappa shape index (κ1) is 16.0. The topological polar surface area (TPSA) is 120 Å². The van der Waals surface area contributed by atoms with Crippen molar-refractivity contribution in [1.29, 1.82) is 10.7 Å². The van der Waals surface area contributed by atoms with Gasteiger partial charge in [0.05, 0.1) is 12.3 Å². The number of aromatic nitrogens is 1. The second-order valence-corrected chi connectivity index (χ2v) is 4.51. The summed E-state index contributed by atoms with van der Waals surface area (Å²) < 4.78 is 5.73. The molecule has 1 aromatic carbocycles. The number of hydrazone groups is 1. The summed E-state index contributed by atoms with van der Waals surface area (Å²) in [6.07, 6.45) is 2.42. The standard InChI is InChI=1S/C16H16N6O/c17-11-14(16(18)19)22-21-13-6-1-2-7-15(13)23-10-8-12-5-3-4-9-20-12/h1-7,9,21H,8,10H2,(H3,18,19)/b22-14+. The normalized spacial score (nSPS) is 10.7. The van der Waals surface area contributed by atoms with Gasteiger partial charge < -0.3 is 10.5 Å². The Morgan fingerprint density at radius 1 is 1.30 bits per heavy atom. The van der Waals surface area contributed by atoms with E-state index >= 15 is 0 Å². The maximum absolute atomic E-state index is 8.83. The summed E-state index contributed by atoms with van der Waals surface area (Å²) in [5.74, 6) is 0.196. The van der Waals surface area contributed by atoms with Gasteiger partial charge in [-0.05, 0) is 24.3 Å². The molecule has 0 spiro atoms. The van der Waals surface area contributed by atoms with Crippen LogP contribution < -0.4 is 15.9 Å². The number of amidine groups is 1. The first-order chi connectivity index (χ1) is 11.2. The van der Waals surface area contributed by atoms with Crippen molar-refractivity contribution in [3.8, 4) is 11.8 Å². The molecular formula is C16H16N6O. The number of para-hydroxylation sites is 2. The van der Waals surface area contributed by atoms with Crippen LogP contribution in [0.15, 0.2) is 53.8 Å². The van der Waals surface area contributed by atoms with Gasteiger partial charge in [-0.25, -0.2) is 0 Å². The fourth-order valence-electron chi connectivity index (χ4n) is 1.76. The monoisotopic (exact) mass is 308 g/mol. The maximum atomic E-state index is 8.83. The van der Waals surface area contributed by atoms with Gasteiger partial charge in [0, 0.05) is 18.3 Å². The number of pyridine rings is 1. The Morgan fingerprint density at radius 3 is 2.78 bits per heavy atom. The molecule has 0 saturated carbocycles. The fraction of sp³-hybridized carbons (Fsp3) is 0.125. The third-order valence-electron chi connectivity index (χ3n) is 2.88. The SMILES string of the molecule is N#C/C(=N\Nc1ccccc1OCCc1ccccn1)C(=N)N. The van der Waals surface area contributed by atoms with Crippen molar-refractivity contribution in [3.63, 3.8) is 0 Å². The molecule has 0 aliphatic carbocycles. The zero-order chi connectivity index (χ0) is 16.5. The van der Waals surface area contributed by atoms with Crippen LogP contribution in [0.4, 0.5) is 5.69 Å². The van der Waals surface area contributed by atoms with Crippen LogP contribution in [0.5, 0.6) is 5.75 Å². The second kappa shape index (κ2) is 8.14. The summed E-state index contributed by atoms with van der Waals surface area (Å²) in [7, 11) is 0. The predicted octanol–water partition coefficient (Wildman–Crippen LogP) is 1.93. The molecule has 0 unspecified atom stereocenters. The lowest BCUT2D eigenvalue weighted by Gasteiger charge is -2.10. The molecule has 23 heavy (non-hydrogen) atoms. The van der Waals surface area contributed by atoms with E-state index in [1.165, 1.54) is 0 Å². The molecule has 1 aromatic heterocycles. The lowest BCUT2D eigenvalue weighted by atomic mass is 10.3. The zero-order valence-corrected chi connectivity index (χ0v) is 12.4. The molecule has 0 fully saturated rings. The molecule has 0 aliphatic heterocycles. The average Bonchev–Trinajstić information content (AvgIpc) is 2.57. The van der Waals surface area contributed by atoms with Gasteiger partial charge in [-0.1, -0.05) is 18.2 Å². The molecule has 0 amide bonds. The van der Waals surface area contributed by atoms with Crippen LogP contribution >= 0.6 is 0 Å². The van der Waals surface area contributed by atoms with Gasteiger partial charge >= 0.3 is 0 Å². The average molecular weight is 308 g/mol. The van der Waals surface area contributed by atoms with E-state index in [9.17, 15) is 0 Å². The van der Waals surface area contributed by atoms with Crippen molar-refractivity contribution in [1.82, 2.24) is 4.98 Å². The summed E-state index contributed by atoms with van der Waals surface area (Å²) in [5, 5.41) is 19.9. The van der Waals surface area contributed by atoms with Crippen molar-refractivity contribution in [2.24, 2.45) is 10.8 Å². The van der Waals surface area contributed by atoms with E-state index < -0.39 is 5.84 Å². The first-order valence-corrected chi connectivity index (χ1v) is 6.90. The summed E-state index contributed by atoms with van der Waals surface area (Å²) in [5.41, 5.74) is 9.29. The van der Waals surface area contributed by atoms with Crippen LogP contribution in [0.1, 0.15) is 5.69 Å². The number of benzene rings is 1. The highest BCUT2D eigenvalue weighted by Crippen LogP contribution is 2.23. The number of nitrogens with one attached hydrogen (secondary N) is 2. The number of ether oxygens (including phenoxy) is 1. The third-order valence-corrected chi connectivity index (χ3v) is 2.88. The summed E-state index contributed by atoms with van der Waals surface area (Å²) in [6, 6.07) is 14.7. The number of nitriles is 1. The summed E-state index contributed by atoms with van der Waals surface area (Å²) in [6.45, 7) is 0.456. The smallest absolute Gasteiger partial charge is 0.201 e. The first-order valence-electron chi connectivity index (χ1n) is 6.90. The highest BCUT2D eigenvalue weighted by atomic mass is 16.5. The number of hydrogen-bond donors (Lipinski definition) is 3. The van der Waals surface area contributed by atoms with Gasteiger partial charge in [-0.2, -0.15) is 10.4 Å². The Labute approximate surface area is 133 Å². The highest BCUT2D eigenvalue weighted by molar-refractivity contribution is 6.45. The fourth-order valence-corrected chi connectivity index (χ4v) is 1.76. The molecule has 116 valence electrons. The van der Waals surface area contributed by atoms with E-state index in [1.54, 1.807) is 24.4 Å². The van der Waals surface area contributed by atoms with Gasteiger partial charge in [0.1, 0.15) is 11.8 Å². The maximum Gasteiger partial charge on any atom is 0.201 e. The molecular weight excluding hydrogens is 292 g/mol. The van der Waals surface area contributed by atoms with E-state index in [1.807, 2.05) is 30.3 Å². The third kappa shape index (κ3) is 4.82. The van der Waals surface area contributed by atoms with Gasteiger partial charge in [-0.15, -0.1) is 0 Å². The van der Waals surface area contributed by atoms with E-state index in [4.69, 9.17) is 21.1 Å². The molecule has 7 nitrogen and oxygen atoms in total. The number of rotatable bonds is 7. The van der Waals surface area contributed by atoms with E-state index in [0.29, 0.717) is 24.5 Å². The molecule has 4 N–H and O–H groups in total. The largest absolute Gasteiger partial charge is 0.491 e. The summed E-state index contributed by atoms with van der Waals surface area (Å²) in [4.78, 5) is 4.23. The molecule has 0 bridgehead atoms. The predicted molar refractivity (Wildman–Crippen MR) is 88.5 cm³/mol. The van der Waals surface area contributed by atoms with Crippen molar-refractivity contribution in [2.75, 3.05) is 12.0 Å². The Morgan fingerprint density at radius 2 is 2.09 bits per heavy atom. The molecule has 7 heteroatoms. The number of hydrogen-bond acceptors (Lipinski definition) is 6. The van der Waals surface area contributed by atoms with Crippen LogP contribution in [0.2, 0.25) is 0 Å². The van der Waals surface area contributed by atoms with Gasteiger partial charge in [0.2, 0.25) is 5.71 Å². The lowest BCUT2D eigenvalue weighted by Crippen LogP contribution is -2.21. The molecule has 0 saturated heterocycles. The van der Waals surface area contributed by atoms with Crippen LogP contribution in [0, 0.1) is 16.7 Å². The molecule has 0 aliphatic rings. The number of nitrogens with two attached hydrogens (primary N) is 1. The lowest BCUT2D eigenvalue weighted by molar-refractivity contribution is 0.322. The van der Waals surface area contributed by atoms with Crippen LogP contribution in [0.25, 0.3) is 0 Å². The number of anilines is 1. The van der Waals surface area contributed by atoms with Crippen molar-refractivity contribution in [3.05, 3.63) is 54.4 Å². The Balaban J connectivity index is 2.00. The van der Waals surface area contributed by atoms with Gasteiger partial charge in [0.25, 0.3) is 0 Å². The zero-order valence-electron chi connectivity index (χ0n) is 12.4. The van der Waals surface area contributed by atoms with Crippen molar-refractivity contribution < 1.29 is 4.74 Å². The second-order valence-electron chi connectivity index (χ2n) is 4.51. The van der Waals surface area contributed by atoms with Crippen LogP contribution in [-0.4, -0.2) is 23.1 Å². The van der Waals surface area contributed by atoms with Crippen LogP contribution in [-0.2, 0) is 6.42 Å². The van der Waals surface area contributed by atoms with E-state index in [-0.39, 0.29) is 5.71 Å². The quantitative estimate of drug-likeness (QED) is 0.410. The van der Waals surface area contributed by atoms with Gasteiger partial charge in [-0.3, -0.25) is 15.8 Å². The van der Waals surface area contributed by atoms with E-state index in [2.05, 4.69) is 15.5 Å².